The van der Waals surface area contributed by atoms with E-state index in [0.29, 0.717) is 0 Å². The molecular weight excluding hydrogens is 159 g/mol. The molecule has 0 bridgehead atoms. The first kappa shape index (κ1) is 7.09. The van der Waals surface area contributed by atoms with Crippen LogP contribution in [-0.2, 0) is 0 Å². The molecule has 0 saturated carbocycles. The fourth-order valence-electron chi connectivity index (χ4n) is 1.09. The number of ether oxygens (including phenoxy) is 1. The van der Waals surface area contributed by atoms with Crippen LogP contribution in [0, 0.1) is 5.82 Å². The van der Waals surface area contributed by atoms with Crippen molar-refractivity contribution in [1.29, 1.82) is 0 Å². The zero-order valence-electron chi connectivity index (χ0n) is 6.49. The van der Waals surface area contributed by atoms with E-state index in [9.17, 15) is 4.39 Å². The Bertz CT molecular complexity index is 410. The van der Waals surface area contributed by atoms with Gasteiger partial charge in [-0.25, -0.2) is 4.98 Å². The van der Waals surface area contributed by atoms with Gasteiger partial charge in [0.1, 0.15) is 0 Å². The highest BCUT2D eigenvalue weighted by Crippen LogP contribution is 2.18. The predicted molar refractivity (Wildman–Crippen MR) is 41.7 cm³/mol. The van der Waals surface area contributed by atoms with Crippen molar-refractivity contribution in [1.82, 2.24) is 9.38 Å². The van der Waals surface area contributed by atoms with Crippen LogP contribution in [0.3, 0.4) is 0 Å². The Morgan fingerprint density at radius 1 is 1.50 bits per heavy atom. The van der Waals surface area contributed by atoms with Gasteiger partial charge < -0.3 is 9.14 Å². The third-order valence-corrected chi connectivity index (χ3v) is 1.69. The largest absolute Gasteiger partial charge is 0.493 e. The van der Waals surface area contributed by atoms with Crippen LogP contribution in [0.2, 0.25) is 0 Å². The first-order valence-corrected chi connectivity index (χ1v) is 3.48. The number of fused-ring (bicyclic) bond motifs is 1. The molecule has 0 fully saturated rings. The van der Waals surface area contributed by atoms with Crippen LogP contribution in [-0.4, -0.2) is 16.5 Å². The number of rotatable bonds is 1. The number of imidazole rings is 1. The van der Waals surface area contributed by atoms with Crippen LogP contribution in [0.15, 0.2) is 24.7 Å². The lowest BCUT2D eigenvalue weighted by Gasteiger charge is -2.01. The molecule has 0 unspecified atom stereocenters. The zero-order chi connectivity index (χ0) is 8.55. The minimum absolute atomic E-state index is 0.216. The van der Waals surface area contributed by atoms with Crippen molar-refractivity contribution < 1.29 is 9.13 Å². The smallest absolute Gasteiger partial charge is 0.208 e. The molecule has 0 amide bonds. The monoisotopic (exact) mass is 166 g/mol. The van der Waals surface area contributed by atoms with Crippen molar-refractivity contribution in [3.63, 3.8) is 0 Å². The maximum atomic E-state index is 13.3. The summed E-state index contributed by atoms with van der Waals surface area (Å²) in [5.41, 5.74) is 0.286. The summed E-state index contributed by atoms with van der Waals surface area (Å²) in [5.74, 6) is -0.210. The van der Waals surface area contributed by atoms with Crippen LogP contribution in [0.1, 0.15) is 0 Å². The van der Waals surface area contributed by atoms with Crippen LogP contribution in [0.25, 0.3) is 5.65 Å². The number of aromatic nitrogens is 2. The van der Waals surface area contributed by atoms with Crippen molar-refractivity contribution in [3.8, 4) is 5.75 Å². The average molecular weight is 166 g/mol. The molecule has 0 saturated heterocycles. The molecule has 0 N–H and O–H groups in total. The third-order valence-electron chi connectivity index (χ3n) is 1.69. The summed E-state index contributed by atoms with van der Waals surface area (Å²) >= 11 is 0. The lowest BCUT2D eigenvalue weighted by Crippen LogP contribution is -1.92. The standard InChI is InChI=1S/C8H7FN2O/c1-12-6-2-4-11-5-3-10-8(11)7(6)9/h2-5H,1H3. The molecule has 2 aromatic heterocycles. The zero-order valence-corrected chi connectivity index (χ0v) is 6.49. The van der Waals surface area contributed by atoms with Crippen LogP contribution >= 0.6 is 0 Å². The summed E-state index contributed by atoms with van der Waals surface area (Å²) in [6.45, 7) is 0. The molecule has 0 aliphatic heterocycles. The third kappa shape index (κ3) is 0.845. The van der Waals surface area contributed by atoms with E-state index in [-0.39, 0.29) is 11.4 Å². The molecule has 0 aliphatic rings. The molecule has 4 heteroatoms. The second-order valence-corrected chi connectivity index (χ2v) is 2.36. The molecule has 0 aliphatic carbocycles. The maximum Gasteiger partial charge on any atom is 0.208 e. The van der Waals surface area contributed by atoms with Crippen LogP contribution in [0.4, 0.5) is 4.39 Å². The van der Waals surface area contributed by atoms with Gasteiger partial charge in [0.2, 0.25) is 5.82 Å². The Hall–Kier alpha value is -1.58. The highest BCUT2D eigenvalue weighted by molar-refractivity contribution is 5.46. The van der Waals surface area contributed by atoms with Gasteiger partial charge in [-0.2, -0.15) is 4.39 Å². The van der Waals surface area contributed by atoms with Gasteiger partial charge in [-0.05, 0) is 6.07 Å². The summed E-state index contributed by atoms with van der Waals surface area (Å²) in [5, 5.41) is 0. The predicted octanol–water partition coefficient (Wildman–Crippen LogP) is 1.48. The molecule has 0 radical (unpaired) electrons. The highest BCUT2D eigenvalue weighted by atomic mass is 19.1. The molecule has 0 atom stereocenters. The Balaban J connectivity index is 2.78. The van der Waals surface area contributed by atoms with Gasteiger partial charge in [0, 0.05) is 18.6 Å². The fraction of sp³-hybridized carbons (Fsp3) is 0.125. The molecule has 12 heavy (non-hydrogen) atoms. The molecular formula is C8H7FN2O. The SMILES string of the molecule is COc1ccn2ccnc2c1F. The maximum absolute atomic E-state index is 13.3. The minimum Gasteiger partial charge on any atom is -0.493 e. The van der Waals surface area contributed by atoms with Crippen molar-refractivity contribution in [2.45, 2.75) is 0 Å². The van der Waals surface area contributed by atoms with Crippen molar-refractivity contribution in [2.75, 3.05) is 7.11 Å². The second-order valence-electron chi connectivity index (χ2n) is 2.36. The molecule has 0 aromatic carbocycles. The van der Waals surface area contributed by atoms with Gasteiger partial charge in [0.15, 0.2) is 11.4 Å². The Kier molecular flexibility index (Phi) is 1.46. The number of halogens is 1. The average Bonchev–Trinajstić information content (AvgIpc) is 2.53. The summed E-state index contributed by atoms with van der Waals surface area (Å²) in [4.78, 5) is 3.83. The second kappa shape index (κ2) is 2.48. The van der Waals surface area contributed by atoms with E-state index in [4.69, 9.17) is 4.74 Å². The Labute approximate surface area is 68.4 Å². The van der Waals surface area contributed by atoms with Crippen molar-refractivity contribution >= 4 is 5.65 Å². The molecule has 0 spiro atoms. The van der Waals surface area contributed by atoms with Crippen molar-refractivity contribution in [3.05, 3.63) is 30.5 Å². The molecule has 2 heterocycles. The summed E-state index contributed by atoms with van der Waals surface area (Å²) in [7, 11) is 1.43. The number of methoxy groups -OCH3 is 1. The first-order valence-electron chi connectivity index (χ1n) is 3.48. The summed E-state index contributed by atoms with van der Waals surface area (Å²) in [6, 6.07) is 1.56. The summed E-state index contributed by atoms with van der Waals surface area (Å²) < 4.78 is 19.7. The van der Waals surface area contributed by atoms with E-state index in [1.807, 2.05) is 0 Å². The van der Waals surface area contributed by atoms with E-state index in [1.165, 1.54) is 13.3 Å². The van der Waals surface area contributed by atoms with Crippen LogP contribution in [0.5, 0.6) is 5.75 Å². The van der Waals surface area contributed by atoms with E-state index in [1.54, 1.807) is 22.9 Å². The van der Waals surface area contributed by atoms with Gasteiger partial charge >= 0.3 is 0 Å². The number of hydrogen-bond donors (Lipinski definition) is 0. The van der Waals surface area contributed by atoms with E-state index in [2.05, 4.69) is 4.98 Å². The van der Waals surface area contributed by atoms with Gasteiger partial charge in [-0.1, -0.05) is 0 Å². The molecule has 2 rings (SSSR count). The first-order chi connectivity index (χ1) is 5.83. The van der Waals surface area contributed by atoms with Crippen molar-refractivity contribution in [2.24, 2.45) is 0 Å². The van der Waals surface area contributed by atoms with Gasteiger partial charge in [0.25, 0.3) is 0 Å². The van der Waals surface area contributed by atoms with Gasteiger partial charge in [-0.15, -0.1) is 0 Å². The number of hydrogen-bond acceptors (Lipinski definition) is 2. The van der Waals surface area contributed by atoms with E-state index in [0.717, 1.165) is 0 Å². The van der Waals surface area contributed by atoms with Gasteiger partial charge in [0.05, 0.1) is 7.11 Å². The topological polar surface area (TPSA) is 26.5 Å². The van der Waals surface area contributed by atoms with E-state index < -0.39 is 5.82 Å². The quantitative estimate of drug-likeness (QED) is 0.641. The Morgan fingerprint density at radius 3 is 3.08 bits per heavy atom. The molecule has 3 nitrogen and oxygen atoms in total. The normalized spacial score (nSPS) is 10.5. The lowest BCUT2D eigenvalue weighted by atomic mass is 10.4. The number of pyridine rings is 1. The van der Waals surface area contributed by atoms with Gasteiger partial charge in [-0.3, -0.25) is 0 Å². The fourth-order valence-corrected chi connectivity index (χ4v) is 1.09. The number of nitrogens with zero attached hydrogens (tertiary/aromatic N) is 2. The van der Waals surface area contributed by atoms with Crippen LogP contribution < -0.4 is 4.74 Å². The molecule has 2 aromatic rings. The van der Waals surface area contributed by atoms with E-state index >= 15 is 0 Å². The highest BCUT2D eigenvalue weighted by Gasteiger charge is 2.07. The Morgan fingerprint density at radius 2 is 2.33 bits per heavy atom. The lowest BCUT2D eigenvalue weighted by molar-refractivity contribution is 0.387. The summed E-state index contributed by atoms with van der Waals surface area (Å²) in [6.07, 6.45) is 4.92. The minimum atomic E-state index is -0.426. The molecule has 62 valence electrons.